The SMILES string of the molecule is CC(C)C(NC(=O)c1ccc(C(=O)NS(=O)(=O)c2ccc(Cl)cc2)cc1)C(=O)N1CCC[C@H]1C(=O)NC(C)(c1nc2ccccc2o1)C(C)(C)O. The standard InChI is InChI=1S/C36H40ClN5O8S/c1-21(2)29(39-30(43)22-12-14-23(15-13-22)31(44)41-51(48,49)25-18-16-24(37)17-19-25)33(46)42-20-8-10-27(42)32(45)40-36(5,35(3,4)47)34-38-26-9-6-7-11-28(26)50-34/h6-7,9,11-19,21,27,29,47H,8,10,20H2,1-5H3,(H,39,43)(H,40,45)(H,41,44)/t27-,29?,36?/m0/s1. The lowest BCUT2D eigenvalue weighted by atomic mass is 9.83. The first kappa shape index (κ1) is 37.5. The van der Waals surface area contributed by atoms with Crippen molar-refractivity contribution in [3.8, 4) is 0 Å². The van der Waals surface area contributed by atoms with Gasteiger partial charge >= 0.3 is 0 Å². The molecule has 4 aromatic rings. The highest BCUT2D eigenvalue weighted by atomic mass is 35.5. The maximum Gasteiger partial charge on any atom is 0.264 e. The van der Waals surface area contributed by atoms with Crippen LogP contribution in [0, 0.1) is 5.92 Å². The van der Waals surface area contributed by atoms with E-state index in [1.807, 2.05) is 4.72 Å². The molecular weight excluding hydrogens is 698 g/mol. The number of carbonyl (C=O) groups excluding carboxylic acids is 4. The first-order valence-corrected chi connectivity index (χ1v) is 18.2. The van der Waals surface area contributed by atoms with Crippen molar-refractivity contribution in [1.29, 1.82) is 0 Å². The average Bonchev–Trinajstić information content (AvgIpc) is 3.75. The number of hydrogen-bond donors (Lipinski definition) is 4. The minimum absolute atomic E-state index is 0.0117. The zero-order valence-electron chi connectivity index (χ0n) is 28.8. The Labute approximate surface area is 300 Å². The summed E-state index contributed by atoms with van der Waals surface area (Å²) in [6, 6.07) is 15.8. The van der Waals surface area contributed by atoms with Crippen LogP contribution in [-0.2, 0) is 25.2 Å². The lowest BCUT2D eigenvalue weighted by Gasteiger charge is -2.40. The second-order valence-electron chi connectivity index (χ2n) is 13.5. The summed E-state index contributed by atoms with van der Waals surface area (Å²) in [7, 11) is -4.17. The molecule has 51 heavy (non-hydrogen) atoms. The number of rotatable bonds is 11. The Morgan fingerprint density at radius 2 is 1.55 bits per heavy atom. The van der Waals surface area contributed by atoms with Crippen molar-refractivity contribution in [3.63, 3.8) is 0 Å². The van der Waals surface area contributed by atoms with E-state index < -0.39 is 56.9 Å². The van der Waals surface area contributed by atoms with Gasteiger partial charge in [-0.3, -0.25) is 19.2 Å². The van der Waals surface area contributed by atoms with Crippen molar-refractivity contribution in [1.82, 2.24) is 25.2 Å². The number of para-hydroxylation sites is 2. The van der Waals surface area contributed by atoms with E-state index in [1.54, 1.807) is 45.0 Å². The van der Waals surface area contributed by atoms with Gasteiger partial charge in [0.2, 0.25) is 17.7 Å². The van der Waals surface area contributed by atoms with E-state index in [9.17, 15) is 32.7 Å². The fourth-order valence-electron chi connectivity index (χ4n) is 5.73. The van der Waals surface area contributed by atoms with Crippen molar-refractivity contribution in [2.75, 3.05) is 6.54 Å². The van der Waals surface area contributed by atoms with Gasteiger partial charge in [-0.05, 0) is 100 Å². The van der Waals surface area contributed by atoms with Gasteiger partial charge in [0.1, 0.15) is 23.1 Å². The van der Waals surface area contributed by atoms with Crippen molar-refractivity contribution in [2.45, 2.75) is 75.6 Å². The van der Waals surface area contributed by atoms with E-state index in [1.165, 1.54) is 67.3 Å². The number of likely N-dealkylation sites (tertiary alicyclic amines) is 1. The summed E-state index contributed by atoms with van der Waals surface area (Å²) in [5.74, 6) is -2.72. The summed E-state index contributed by atoms with van der Waals surface area (Å²) in [5.41, 5.74) is -1.82. The minimum atomic E-state index is -4.17. The number of hydrogen-bond acceptors (Lipinski definition) is 9. The van der Waals surface area contributed by atoms with Gasteiger partial charge in [-0.25, -0.2) is 18.1 Å². The van der Waals surface area contributed by atoms with Gasteiger partial charge in [0.25, 0.3) is 21.8 Å². The Kier molecular flexibility index (Phi) is 10.6. The number of halogens is 1. The van der Waals surface area contributed by atoms with Gasteiger partial charge in [0, 0.05) is 22.7 Å². The smallest absolute Gasteiger partial charge is 0.264 e. The highest BCUT2D eigenvalue weighted by molar-refractivity contribution is 7.90. The number of nitrogens with zero attached hydrogens (tertiary/aromatic N) is 2. The monoisotopic (exact) mass is 737 g/mol. The molecule has 270 valence electrons. The van der Waals surface area contributed by atoms with Crippen LogP contribution in [0.5, 0.6) is 0 Å². The van der Waals surface area contributed by atoms with Gasteiger partial charge < -0.3 is 25.1 Å². The lowest BCUT2D eigenvalue weighted by Crippen LogP contribution is -2.62. The third-order valence-corrected chi connectivity index (χ3v) is 10.7. The number of carbonyl (C=O) groups is 4. The van der Waals surface area contributed by atoms with E-state index in [2.05, 4.69) is 15.6 Å². The van der Waals surface area contributed by atoms with E-state index in [4.69, 9.17) is 16.0 Å². The molecule has 1 fully saturated rings. The Balaban J connectivity index is 1.27. The highest BCUT2D eigenvalue weighted by Gasteiger charge is 2.49. The number of benzene rings is 3. The highest BCUT2D eigenvalue weighted by Crippen LogP contribution is 2.35. The van der Waals surface area contributed by atoms with Gasteiger partial charge in [-0.2, -0.15) is 0 Å². The third kappa shape index (κ3) is 7.92. The van der Waals surface area contributed by atoms with Gasteiger partial charge in [-0.1, -0.05) is 37.6 Å². The topological polar surface area (TPSA) is 188 Å². The Hall–Kier alpha value is -4.79. The summed E-state index contributed by atoms with van der Waals surface area (Å²) in [6.45, 7) is 8.49. The molecule has 1 aliphatic rings. The fraction of sp³-hybridized carbons (Fsp3) is 0.361. The van der Waals surface area contributed by atoms with Gasteiger partial charge in [0.15, 0.2) is 5.58 Å². The molecule has 5 rings (SSSR count). The Morgan fingerprint density at radius 1 is 0.941 bits per heavy atom. The van der Waals surface area contributed by atoms with Crippen LogP contribution in [0.25, 0.3) is 11.1 Å². The van der Waals surface area contributed by atoms with Gasteiger partial charge in [-0.15, -0.1) is 0 Å². The van der Waals surface area contributed by atoms with Crippen LogP contribution in [0.4, 0.5) is 0 Å². The van der Waals surface area contributed by atoms with Crippen LogP contribution in [0.1, 0.15) is 74.1 Å². The minimum Gasteiger partial charge on any atom is -0.438 e. The molecule has 0 radical (unpaired) electrons. The summed E-state index contributed by atoms with van der Waals surface area (Å²) in [4.78, 5) is 59.7. The Bertz CT molecular complexity index is 2030. The van der Waals surface area contributed by atoms with E-state index in [-0.39, 0.29) is 34.4 Å². The quantitative estimate of drug-likeness (QED) is 0.175. The number of nitrogens with one attached hydrogen (secondary N) is 3. The third-order valence-electron chi connectivity index (χ3n) is 9.14. The second kappa shape index (κ2) is 14.4. The predicted octanol–water partition coefficient (Wildman–Crippen LogP) is 4.15. The molecule has 0 saturated carbocycles. The molecule has 13 nitrogen and oxygen atoms in total. The molecule has 4 N–H and O–H groups in total. The fourth-order valence-corrected chi connectivity index (χ4v) is 6.83. The number of aliphatic hydroxyl groups is 1. The maximum absolute atomic E-state index is 14.0. The molecule has 4 amide bonds. The van der Waals surface area contributed by atoms with Gasteiger partial charge in [0.05, 0.1) is 10.5 Å². The molecule has 1 saturated heterocycles. The largest absolute Gasteiger partial charge is 0.438 e. The molecule has 2 heterocycles. The zero-order chi connectivity index (χ0) is 37.3. The Morgan fingerprint density at radius 3 is 2.14 bits per heavy atom. The summed E-state index contributed by atoms with van der Waals surface area (Å²) in [5, 5.41) is 17.2. The predicted molar refractivity (Wildman–Crippen MR) is 189 cm³/mol. The summed E-state index contributed by atoms with van der Waals surface area (Å²) >= 11 is 5.82. The summed E-state index contributed by atoms with van der Waals surface area (Å²) < 4.78 is 33.2. The van der Waals surface area contributed by atoms with E-state index in [0.717, 1.165) is 0 Å². The molecule has 0 aliphatic carbocycles. The molecule has 0 bridgehead atoms. The van der Waals surface area contributed by atoms with Crippen LogP contribution in [0.2, 0.25) is 5.02 Å². The normalized spacial score (nSPS) is 16.8. The zero-order valence-corrected chi connectivity index (χ0v) is 30.3. The van der Waals surface area contributed by atoms with Crippen molar-refractivity contribution >= 4 is 56.4 Å². The molecule has 3 atom stereocenters. The van der Waals surface area contributed by atoms with Crippen LogP contribution in [0.15, 0.2) is 82.1 Å². The second-order valence-corrected chi connectivity index (χ2v) is 15.6. The maximum atomic E-state index is 14.0. The number of fused-ring (bicyclic) bond motifs is 1. The number of sulfonamides is 1. The van der Waals surface area contributed by atoms with Crippen molar-refractivity contribution < 1.29 is 37.1 Å². The summed E-state index contributed by atoms with van der Waals surface area (Å²) in [6.07, 6.45) is 0.908. The first-order valence-electron chi connectivity index (χ1n) is 16.4. The van der Waals surface area contributed by atoms with E-state index >= 15 is 0 Å². The number of amides is 4. The van der Waals surface area contributed by atoms with Crippen LogP contribution in [0.3, 0.4) is 0 Å². The molecule has 1 aromatic heterocycles. The average molecular weight is 738 g/mol. The molecule has 1 aliphatic heterocycles. The number of oxazole rings is 1. The molecular formula is C36H40ClN5O8S. The lowest BCUT2D eigenvalue weighted by molar-refractivity contribution is -0.143. The van der Waals surface area contributed by atoms with Crippen LogP contribution >= 0.6 is 11.6 Å². The molecule has 15 heteroatoms. The number of aromatic nitrogens is 1. The molecule has 3 aromatic carbocycles. The molecule has 2 unspecified atom stereocenters. The van der Waals surface area contributed by atoms with E-state index in [0.29, 0.717) is 29.0 Å². The van der Waals surface area contributed by atoms with Crippen LogP contribution < -0.4 is 15.4 Å². The van der Waals surface area contributed by atoms with Crippen molar-refractivity contribution in [2.24, 2.45) is 5.92 Å². The molecule has 0 spiro atoms. The van der Waals surface area contributed by atoms with Crippen molar-refractivity contribution in [3.05, 3.63) is 94.8 Å². The van der Waals surface area contributed by atoms with Crippen LogP contribution in [-0.4, -0.2) is 71.3 Å². The first-order chi connectivity index (χ1) is 23.9.